The standard InChI is InChI=1S/C10H12N2O5/c1-16-7-3-4-8(9(5-7)17-2)12(11-15)6-10(13)14/h3-5H,6H2,1-2H3,(H,13,14). The van der Waals surface area contributed by atoms with E-state index in [0.717, 1.165) is 5.01 Å². The van der Waals surface area contributed by atoms with Crippen LogP contribution in [-0.4, -0.2) is 31.8 Å². The summed E-state index contributed by atoms with van der Waals surface area (Å²) in [7, 11) is 2.89. The first-order valence-corrected chi connectivity index (χ1v) is 4.67. The van der Waals surface area contributed by atoms with Gasteiger partial charge in [0.05, 0.1) is 19.5 Å². The number of anilines is 1. The Labute approximate surface area is 97.5 Å². The number of aliphatic carboxylic acids is 1. The predicted molar refractivity (Wildman–Crippen MR) is 60.3 cm³/mol. The molecule has 7 nitrogen and oxygen atoms in total. The van der Waals surface area contributed by atoms with Gasteiger partial charge in [-0.1, -0.05) is 0 Å². The summed E-state index contributed by atoms with van der Waals surface area (Å²) in [5.74, 6) is -0.320. The molecule has 17 heavy (non-hydrogen) atoms. The van der Waals surface area contributed by atoms with E-state index in [2.05, 4.69) is 5.29 Å². The minimum absolute atomic E-state index is 0.269. The zero-order valence-electron chi connectivity index (χ0n) is 9.41. The van der Waals surface area contributed by atoms with Gasteiger partial charge >= 0.3 is 5.97 Å². The average Bonchev–Trinajstić information content (AvgIpc) is 2.35. The molecule has 0 bridgehead atoms. The maximum Gasteiger partial charge on any atom is 0.325 e. The average molecular weight is 240 g/mol. The molecule has 0 atom stereocenters. The largest absolute Gasteiger partial charge is 0.497 e. The first kappa shape index (κ1) is 12.8. The summed E-state index contributed by atoms with van der Waals surface area (Å²) in [4.78, 5) is 21.1. The van der Waals surface area contributed by atoms with Crippen LogP contribution in [0.2, 0.25) is 0 Å². The van der Waals surface area contributed by atoms with Crippen molar-refractivity contribution >= 4 is 11.7 Å². The number of hydrogen-bond donors (Lipinski definition) is 1. The number of nitrogens with zero attached hydrogens (tertiary/aromatic N) is 2. The van der Waals surface area contributed by atoms with Crippen LogP contribution in [0, 0.1) is 4.91 Å². The Hall–Kier alpha value is -2.31. The van der Waals surface area contributed by atoms with E-state index in [9.17, 15) is 9.70 Å². The summed E-state index contributed by atoms with van der Waals surface area (Å²) >= 11 is 0. The van der Waals surface area contributed by atoms with Crippen molar-refractivity contribution in [3.63, 3.8) is 0 Å². The van der Waals surface area contributed by atoms with Gasteiger partial charge in [0.1, 0.15) is 23.7 Å². The van der Waals surface area contributed by atoms with Gasteiger partial charge in [-0.05, 0) is 12.1 Å². The van der Waals surface area contributed by atoms with Crippen molar-refractivity contribution in [1.29, 1.82) is 0 Å². The Morgan fingerprint density at radius 2 is 2.12 bits per heavy atom. The van der Waals surface area contributed by atoms with Crippen LogP contribution in [0.5, 0.6) is 11.5 Å². The second-order valence-electron chi connectivity index (χ2n) is 3.07. The molecule has 0 fully saturated rings. The van der Waals surface area contributed by atoms with Crippen molar-refractivity contribution in [2.45, 2.75) is 0 Å². The Kier molecular flexibility index (Phi) is 4.27. The van der Waals surface area contributed by atoms with Gasteiger partial charge in [0.15, 0.2) is 0 Å². The lowest BCUT2D eigenvalue weighted by atomic mass is 10.2. The molecule has 0 spiro atoms. The normalized spacial score (nSPS) is 9.53. The van der Waals surface area contributed by atoms with Crippen LogP contribution in [0.4, 0.5) is 5.69 Å². The second kappa shape index (κ2) is 5.69. The first-order valence-electron chi connectivity index (χ1n) is 4.67. The molecule has 0 unspecified atom stereocenters. The highest BCUT2D eigenvalue weighted by Crippen LogP contribution is 2.32. The van der Waals surface area contributed by atoms with Crippen LogP contribution < -0.4 is 14.5 Å². The number of carboxylic acid groups (broad SMARTS) is 1. The minimum Gasteiger partial charge on any atom is -0.497 e. The fourth-order valence-corrected chi connectivity index (χ4v) is 1.28. The third-order valence-electron chi connectivity index (χ3n) is 2.05. The van der Waals surface area contributed by atoms with Gasteiger partial charge in [-0.15, -0.1) is 4.91 Å². The van der Waals surface area contributed by atoms with E-state index in [1.54, 1.807) is 6.07 Å². The zero-order valence-corrected chi connectivity index (χ0v) is 9.41. The van der Waals surface area contributed by atoms with Crippen molar-refractivity contribution < 1.29 is 19.4 Å². The molecular formula is C10H12N2O5. The topological polar surface area (TPSA) is 88.4 Å². The number of ether oxygens (including phenoxy) is 2. The molecule has 0 aliphatic carbocycles. The van der Waals surface area contributed by atoms with Gasteiger partial charge in [-0.2, -0.15) is 0 Å². The minimum atomic E-state index is -1.16. The third-order valence-corrected chi connectivity index (χ3v) is 2.05. The van der Waals surface area contributed by atoms with E-state index in [1.807, 2.05) is 0 Å². The molecule has 0 amide bonds. The highest BCUT2D eigenvalue weighted by Gasteiger charge is 2.16. The predicted octanol–water partition coefficient (Wildman–Crippen LogP) is 1.28. The van der Waals surface area contributed by atoms with Gasteiger partial charge in [-0.25, -0.2) is 5.01 Å². The fourth-order valence-electron chi connectivity index (χ4n) is 1.28. The SMILES string of the molecule is COc1ccc(N(CC(=O)O)N=O)c(OC)c1. The molecule has 1 aromatic rings. The monoisotopic (exact) mass is 240 g/mol. The molecular weight excluding hydrogens is 228 g/mol. The lowest BCUT2D eigenvalue weighted by molar-refractivity contribution is -0.135. The maximum absolute atomic E-state index is 10.6. The van der Waals surface area contributed by atoms with Crippen LogP contribution in [0.1, 0.15) is 0 Å². The van der Waals surface area contributed by atoms with E-state index in [1.165, 1.54) is 26.4 Å². The van der Waals surface area contributed by atoms with Crippen LogP contribution in [0.3, 0.4) is 0 Å². The summed E-state index contributed by atoms with van der Waals surface area (Å²) in [6, 6.07) is 4.62. The summed E-state index contributed by atoms with van der Waals surface area (Å²) in [5, 5.41) is 12.1. The van der Waals surface area contributed by atoms with Crippen molar-refractivity contribution in [2.24, 2.45) is 5.29 Å². The van der Waals surface area contributed by atoms with Crippen molar-refractivity contribution in [3.05, 3.63) is 23.1 Å². The zero-order chi connectivity index (χ0) is 12.8. The van der Waals surface area contributed by atoms with E-state index in [4.69, 9.17) is 14.6 Å². The number of rotatable bonds is 6. The molecule has 0 radical (unpaired) electrons. The molecule has 92 valence electrons. The lowest BCUT2D eigenvalue weighted by Crippen LogP contribution is -2.24. The highest BCUT2D eigenvalue weighted by molar-refractivity contribution is 5.75. The van der Waals surface area contributed by atoms with Gasteiger partial charge in [0.2, 0.25) is 0 Å². The first-order chi connectivity index (χ1) is 8.12. The molecule has 0 aliphatic heterocycles. The smallest absolute Gasteiger partial charge is 0.325 e. The quantitative estimate of drug-likeness (QED) is 0.595. The lowest BCUT2D eigenvalue weighted by Gasteiger charge is -2.16. The molecule has 1 rings (SSSR count). The molecule has 0 saturated heterocycles. The van der Waals surface area contributed by atoms with Gasteiger partial charge in [-0.3, -0.25) is 4.79 Å². The number of hydrogen-bond acceptors (Lipinski definition) is 5. The van der Waals surface area contributed by atoms with Crippen molar-refractivity contribution in [2.75, 3.05) is 25.8 Å². The summed E-state index contributed by atoms with van der Waals surface area (Å²) in [5.41, 5.74) is 0.269. The Morgan fingerprint density at radius 3 is 2.59 bits per heavy atom. The van der Waals surface area contributed by atoms with Gasteiger partial charge in [0, 0.05) is 6.07 Å². The maximum atomic E-state index is 10.6. The van der Waals surface area contributed by atoms with E-state index < -0.39 is 12.5 Å². The van der Waals surface area contributed by atoms with Crippen LogP contribution in [-0.2, 0) is 4.79 Å². The Bertz CT molecular complexity index is 421. The van der Waals surface area contributed by atoms with E-state index >= 15 is 0 Å². The number of methoxy groups -OCH3 is 2. The number of carboxylic acids is 1. The highest BCUT2D eigenvalue weighted by atomic mass is 16.5. The number of carbonyl (C=O) groups is 1. The Morgan fingerprint density at radius 1 is 1.41 bits per heavy atom. The van der Waals surface area contributed by atoms with Crippen LogP contribution >= 0.6 is 0 Å². The second-order valence-corrected chi connectivity index (χ2v) is 3.07. The molecule has 7 heteroatoms. The summed E-state index contributed by atoms with van der Waals surface area (Å²) in [6.07, 6.45) is 0. The summed E-state index contributed by atoms with van der Waals surface area (Å²) < 4.78 is 10.0. The molecule has 0 aromatic heterocycles. The van der Waals surface area contributed by atoms with Crippen molar-refractivity contribution in [1.82, 2.24) is 0 Å². The van der Waals surface area contributed by atoms with E-state index in [0.29, 0.717) is 11.5 Å². The van der Waals surface area contributed by atoms with Gasteiger partial charge in [0.25, 0.3) is 0 Å². The van der Waals surface area contributed by atoms with Crippen LogP contribution in [0.25, 0.3) is 0 Å². The summed E-state index contributed by atoms with van der Waals surface area (Å²) in [6.45, 7) is -0.536. The van der Waals surface area contributed by atoms with Crippen molar-refractivity contribution in [3.8, 4) is 11.5 Å². The van der Waals surface area contributed by atoms with Crippen LogP contribution in [0.15, 0.2) is 23.5 Å². The molecule has 1 aromatic carbocycles. The molecule has 0 heterocycles. The Balaban J connectivity index is 3.09. The number of benzene rings is 1. The van der Waals surface area contributed by atoms with E-state index in [-0.39, 0.29) is 5.69 Å². The van der Waals surface area contributed by atoms with Gasteiger partial charge < -0.3 is 14.6 Å². The fraction of sp³-hybridized carbons (Fsp3) is 0.300. The third kappa shape index (κ3) is 3.07. The molecule has 0 aliphatic rings. The molecule has 1 N–H and O–H groups in total. The molecule has 0 saturated carbocycles. The number of nitroso groups, excluding NO2 is 1.